The average Bonchev–Trinajstić information content (AvgIpc) is 3.74. The van der Waals surface area contributed by atoms with Crippen molar-refractivity contribution in [1.29, 1.82) is 0 Å². The minimum Gasteiger partial charge on any atom is -0.409 e. The molecule has 3 aromatic heterocycles. The van der Waals surface area contributed by atoms with Crippen molar-refractivity contribution in [2.45, 2.75) is 49.8 Å². The maximum absolute atomic E-state index is 13.8. The second-order valence-corrected chi connectivity index (χ2v) is 13.2. The van der Waals surface area contributed by atoms with Gasteiger partial charge in [0.05, 0.1) is 5.69 Å². The SMILES string of the molecule is CC1Cc2nc(C(=O)N3CCN(S(=O)(=O)c4cc5ccc(/C(N)=N\O)cc5[nH]4)CC3CCc3nnn[nH]3)sc2CN1. The van der Waals surface area contributed by atoms with Gasteiger partial charge in [-0.2, -0.15) is 4.31 Å². The van der Waals surface area contributed by atoms with Gasteiger partial charge in [0.1, 0.15) is 10.9 Å². The molecule has 0 spiro atoms. The molecule has 0 radical (unpaired) electrons. The van der Waals surface area contributed by atoms with Gasteiger partial charge in [0, 0.05) is 72.4 Å². The maximum Gasteiger partial charge on any atom is 0.283 e. The normalized spacial score (nSPS) is 20.4. The topological polar surface area (TPSA) is 211 Å². The second-order valence-electron chi connectivity index (χ2n) is 10.2. The number of aryl methyl sites for hydroxylation is 1. The fourth-order valence-electron chi connectivity index (χ4n) is 5.27. The van der Waals surface area contributed by atoms with Crippen LogP contribution in [0.15, 0.2) is 34.4 Å². The zero-order chi connectivity index (χ0) is 28.7. The van der Waals surface area contributed by atoms with Gasteiger partial charge in [-0.15, -0.1) is 16.4 Å². The Kier molecular flexibility index (Phi) is 7.18. The first-order chi connectivity index (χ1) is 19.7. The minimum absolute atomic E-state index is 0.0244. The molecule has 2 atom stereocenters. The van der Waals surface area contributed by atoms with Crippen LogP contribution in [0.1, 0.15) is 45.1 Å². The van der Waals surface area contributed by atoms with E-state index in [9.17, 15) is 13.2 Å². The molecular formula is C24H29N11O4S2. The highest BCUT2D eigenvalue weighted by Crippen LogP contribution is 2.29. The number of hydrogen-bond acceptors (Lipinski definition) is 11. The molecule has 2 aliphatic rings. The summed E-state index contributed by atoms with van der Waals surface area (Å²) >= 11 is 1.39. The number of aromatic nitrogens is 6. The van der Waals surface area contributed by atoms with Crippen molar-refractivity contribution in [3.05, 3.63) is 51.2 Å². The Bertz CT molecular complexity index is 1710. The third-order valence-corrected chi connectivity index (χ3v) is 10.4. The molecule has 15 nitrogen and oxygen atoms in total. The van der Waals surface area contributed by atoms with E-state index in [1.165, 1.54) is 15.6 Å². The van der Waals surface area contributed by atoms with Gasteiger partial charge < -0.3 is 26.1 Å². The number of piperazine rings is 1. The van der Waals surface area contributed by atoms with Gasteiger partial charge >= 0.3 is 0 Å². The van der Waals surface area contributed by atoms with Crippen molar-refractivity contribution in [1.82, 2.24) is 45.1 Å². The third kappa shape index (κ3) is 5.28. The van der Waals surface area contributed by atoms with E-state index in [4.69, 9.17) is 10.9 Å². The maximum atomic E-state index is 13.8. The van der Waals surface area contributed by atoms with Gasteiger partial charge in [0.2, 0.25) is 0 Å². The lowest BCUT2D eigenvalue weighted by atomic mass is 10.1. The van der Waals surface area contributed by atoms with Gasteiger partial charge in [0.15, 0.2) is 10.8 Å². The second kappa shape index (κ2) is 10.8. The molecule has 6 rings (SSSR count). The number of sulfonamides is 1. The molecule has 4 aromatic rings. The molecular weight excluding hydrogens is 570 g/mol. The van der Waals surface area contributed by atoms with Crippen LogP contribution in [-0.2, 0) is 29.4 Å². The summed E-state index contributed by atoms with van der Waals surface area (Å²) < 4.78 is 28.9. The van der Waals surface area contributed by atoms with Crippen LogP contribution in [0.2, 0.25) is 0 Å². The highest BCUT2D eigenvalue weighted by Gasteiger charge is 2.38. The van der Waals surface area contributed by atoms with Crippen LogP contribution in [-0.4, -0.2) is 96.9 Å². The first-order valence-corrected chi connectivity index (χ1v) is 15.3. The number of nitrogens with two attached hydrogens (primary N) is 1. The van der Waals surface area contributed by atoms with Crippen molar-refractivity contribution in [2.24, 2.45) is 10.9 Å². The molecule has 1 amide bonds. The number of carbonyl (C=O) groups is 1. The third-order valence-electron chi connectivity index (χ3n) is 7.50. The first-order valence-electron chi connectivity index (χ1n) is 13.1. The molecule has 1 aromatic carbocycles. The molecule has 2 aliphatic heterocycles. The summed E-state index contributed by atoms with van der Waals surface area (Å²) in [7, 11) is -3.93. The predicted molar refractivity (Wildman–Crippen MR) is 149 cm³/mol. The van der Waals surface area contributed by atoms with Crippen molar-refractivity contribution in [2.75, 3.05) is 19.6 Å². The molecule has 0 saturated carbocycles. The van der Waals surface area contributed by atoms with Crippen molar-refractivity contribution in [3.8, 4) is 0 Å². The quantitative estimate of drug-likeness (QED) is 0.0854. The van der Waals surface area contributed by atoms with Gasteiger partial charge in [-0.3, -0.25) is 4.79 Å². The molecule has 6 N–H and O–H groups in total. The van der Waals surface area contributed by atoms with E-state index >= 15 is 0 Å². The predicted octanol–water partition coefficient (Wildman–Crippen LogP) is 0.414. The highest BCUT2D eigenvalue weighted by atomic mass is 32.2. The number of fused-ring (bicyclic) bond motifs is 2. The van der Waals surface area contributed by atoms with Crippen LogP contribution in [0.4, 0.5) is 0 Å². The molecule has 41 heavy (non-hydrogen) atoms. The van der Waals surface area contributed by atoms with E-state index in [0.29, 0.717) is 52.7 Å². The molecule has 0 aliphatic carbocycles. The average molecular weight is 600 g/mol. The van der Waals surface area contributed by atoms with E-state index in [1.807, 2.05) is 0 Å². The van der Waals surface area contributed by atoms with Crippen molar-refractivity contribution >= 4 is 44.0 Å². The van der Waals surface area contributed by atoms with Crippen molar-refractivity contribution < 1.29 is 18.4 Å². The number of aromatic amines is 2. The number of amidine groups is 1. The molecule has 1 fully saturated rings. The molecule has 2 unspecified atom stereocenters. The van der Waals surface area contributed by atoms with Crippen LogP contribution in [0.5, 0.6) is 0 Å². The lowest BCUT2D eigenvalue weighted by molar-refractivity contribution is 0.0549. The Labute approximate surface area is 238 Å². The van der Waals surface area contributed by atoms with E-state index in [2.05, 4.69) is 48.0 Å². The number of nitrogens with one attached hydrogen (secondary N) is 3. The lowest BCUT2D eigenvalue weighted by Crippen LogP contribution is -2.56. The lowest BCUT2D eigenvalue weighted by Gasteiger charge is -2.40. The Morgan fingerprint density at radius 1 is 1.29 bits per heavy atom. The first kappa shape index (κ1) is 27.3. The number of hydrogen-bond donors (Lipinski definition) is 5. The van der Waals surface area contributed by atoms with Gasteiger partial charge in [-0.1, -0.05) is 17.3 Å². The van der Waals surface area contributed by atoms with Gasteiger partial charge in [-0.25, -0.2) is 18.5 Å². The highest BCUT2D eigenvalue weighted by molar-refractivity contribution is 7.89. The molecule has 5 heterocycles. The summed E-state index contributed by atoms with van der Waals surface area (Å²) in [6, 6.07) is 6.40. The minimum atomic E-state index is -3.93. The number of nitrogens with zero attached hydrogens (tertiary/aromatic N) is 7. The van der Waals surface area contributed by atoms with E-state index in [0.717, 1.165) is 17.0 Å². The summed E-state index contributed by atoms with van der Waals surface area (Å²) in [5.74, 6) is 0.277. The fourth-order valence-corrected chi connectivity index (χ4v) is 7.75. The van der Waals surface area contributed by atoms with E-state index < -0.39 is 16.1 Å². The largest absolute Gasteiger partial charge is 0.409 e. The Morgan fingerprint density at radius 3 is 2.93 bits per heavy atom. The number of oxime groups is 1. The molecule has 0 bridgehead atoms. The van der Waals surface area contributed by atoms with E-state index in [1.54, 1.807) is 29.2 Å². The Morgan fingerprint density at radius 2 is 2.15 bits per heavy atom. The summed E-state index contributed by atoms with van der Waals surface area (Å²) in [6.45, 7) is 3.21. The number of tetrazole rings is 1. The number of benzene rings is 1. The van der Waals surface area contributed by atoms with Gasteiger partial charge in [0.25, 0.3) is 15.9 Å². The zero-order valence-electron chi connectivity index (χ0n) is 22.1. The summed E-state index contributed by atoms with van der Waals surface area (Å²) in [6.07, 6.45) is 1.65. The number of carbonyl (C=O) groups excluding carboxylic acids is 1. The standard InChI is InChI=1S/C24H29N11O4S2/c1-13-8-18-19(11-26-13)40-23(28-18)24(36)35-7-6-34(12-16(35)4-5-20-29-32-33-30-20)41(38,39)21-10-14-2-3-15(22(25)31-37)9-17(14)27-21/h2-3,9-10,13,16,26-27,37H,4-8,11-12H2,1H3,(H2,25,31)(H,29,30,32,33). The van der Waals surface area contributed by atoms with Crippen molar-refractivity contribution in [3.63, 3.8) is 0 Å². The number of thiazole rings is 1. The zero-order valence-corrected chi connectivity index (χ0v) is 23.7. The molecule has 17 heteroatoms. The number of rotatable bonds is 7. The van der Waals surface area contributed by atoms with Crippen LogP contribution >= 0.6 is 11.3 Å². The fraction of sp³-hybridized carbons (Fsp3) is 0.417. The smallest absolute Gasteiger partial charge is 0.283 e. The van der Waals surface area contributed by atoms with Crippen LogP contribution in [0.3, 0.4) is 0 Å². The summed E-state index contributed by atoms with van der Waals surface area (Å²) in [4.78, 5) is 24.1. The van der Waals surface area contributed by atoms with E-state index in [-0.39, 0.29) is 36.4 Å². The van der Waals surface area contributed by atoms with Gasteiger partial charge in [-0.05, 0) is 35.9 Å². The summed E-state index contributed by atoms with van der Waals surface area (Å²) in [5.41, 5.74) is 7.63. The number of H-pyrrole nitrogens is 2. The molecule has 216 valence electrons. The van der Waals surface area contributed by atoms with Crippen LogP contribution in [0, 0.1) is 0 Å². The van der Waals surface area contributed by atoms with Crippen LogP contribution < -0.4 is 11.1 Å². The molecule has 1 saturated heterocycles. The number of amides is 1. The summed E-state index contributed by atoms with van der Waals surface area (Å²) in [5, 5.41) is 30.4. The Balaban J connectivity index is 1.26. The Hall–Kier alpha value is -3.93. The van der Waals surface area contributed by atoms with Crippen LogP contribution in [0.25, 0.3) is 10.9 Å². The monoisotopic (exact) mass is 599 g/mol.